The van der Waals surface area contributed by atoms with E-state index in [0.29, 0.717) is 11.4 Å². The van der Waals surface area contributed by atoms with Crippen LogP contribution in [0.15, 0.2) is 48.5 Å². The van der Waals surface area contributed by atoms with E-state index in [9.17, 15) is 5.26 Å². The van der Waals surface area contributed by atoms with Crippen molar-refractivity contribution >= 4 is 22.4 Å². The summed E-state index contributed by atoms with van der Waals surface area (Å²) in [6.45, 7) is 4.10. The van der Waals surface area contributed by atoms with E-state index in [1.54, 1.807) is 6.07 Å². The number of pyridine rings is 1. The average molecular weight is 273 g/mol. The molecule has 3 heteroatoms. The van der Waals surface area contributed by atoms with Crippen LogP contribution >= 0.6 is 0 Å². The van der Waals surface area contributed by atoms with Crippen LogP contribution in [-0.2, 0) is 0 Å². The van der Waals surface area contributed by atoms with Crippen LogP contribution in [0.25, 0.3) is 10.9 Å². The summed E-state index contributed by atoms with van der Waals surface area (Å²) in [6.07, 6.45) is 0. The number of nitriles is 1. The summed E-state index contributed by atoms with van der Waals surface area (Å²) in [5.74, 6) is 0.693. The van der Waals surface area contributed by atoms with Crippen LogP contribution in [0.4, 0.5) is 11.5 Å². The molecule has 0 fully saturated rings. The highest BCUT2D eigenvalue weighted by Crippen LogP contribution is 2.24. The van der Waals surface area contributed by atoms with E-state index < -0.39 is 0 Å². The molecule has 21 heavy (non-hydrogen) atoms. The number of nitrogens with one attached hydrogen (secondary N) is 1. The summed E-state index contributed by atoms with van der Waals surface area (Å²) >= 11 is 0. The van der Waals surface area contributed by atoms with Gasteiger partial charge >= 0.3 is 0 Å². The smallest absolute Gasteiger partial charge is 0.132 e. The SMILES string of the molecule is Cc1ccc(C)c(Nc2cc(C#N)c3ccccc3n2)c1. The summed E-state index contributed by atoms with van der Waals surface area (Å²) in [5, 5.41) is 13.5. The van der Waals surface area contributed by atoms with E-state index in [1.165, 1.54) is 5.56 Å². The third-order valence-electron chi connectivity index (χ3n) is 3.49. The van der Waals surface area contributed by atoms with Crippen molar-refractivity contribution in [2.24, 2.45) is 0 Å². The zero-order valence-corrected chi connectivity index (χ0v) is 12.0. The summed E-state index contributed by atoms with van der Waals surface area (Å²) in [7, 11) is 0. The number of anilines is 2. The molecule has 2 aromatic carbocycles. The largest absolute Gasteiger partial charge is 0.340 e. The lowest BCUT2D eigenvalue weighted by atomic mass is 10.1. The number of nitrogens with zero attached hydrogens (tertiary/aromatic N) is 2. The Labute approximate surface area is 123 Å². The fourth-order valence-electron chi connectivity index (χ4n) is 2.34. The van der Waals surface area contributed by atoms with E-state index in [0.717, 1.165) is 22.2 Å². The molecule has 0 bridgehead atoms. The lowest BCUT2D eigenvalue weighted by molar-refractivity contribution is 1.32. The van der Waals surface area contributed by atoms with E-state index in [1.807, 2.05) is 31.2 Å². The number of aryl methyl sites for hydroxylation is 2. The van der Waals surface area contributed by atoms with Crippen molar-refractivity contribution in [3.05, 3.63) is 65.2 Å². The molecule has 0 saturated carbocycles. The van der Waals surface area contributed by atoms with Crippen LogP contribution in [0.3, 0.4) is 0 Å². The second-order valence-electron chi connectivity index (χ2n) is 5.13. The summed E-state index contributed by atoms with van der Waals surface area (Å²) in [4.78, 5) is 4.59. The van der Waals surface area contributed by atoms with Crippen LogP contribution in [0.2, 0.25) is 0 Å². The van der Waals surface area contributed by atoms with Crippen molar-refractivity contribution in [1.29, 1.82) is 5.26 Å². The van der Waals surface area contributed by atoms with Gasteiger partial charge in [0.2, 0.25) is 0 Å². The predicted octanol–water partition coefficient (Wildman–Crippen LogP) is 4.47. The fourth-order valence-corrected chi connectivity index (χ4v) is 2.34. The van der Waals surface area contributed by atoms with E-state index in [4.69, 9.17) is 0 Å². The number of benzene rings is 2. The van der Waals surface area contributed by atoms with Crippen molar-refractivity contribution in [2.45, 2.75) is 13.8 Å². The predicted molar refractivity (Wildman–Crippen MR) is 85.7 cm³/mol. The molecule has 0 spiro atoms. The minimum Gasteiger partial charge on any atom is -0.340 e. The number of fused-ring (bicyclic) bond motifs is 1. The molecule has 102 valence electrons. The molecule has 0 atom stereocenters. The van der Waals surface area contributed by atoms with Gasteiger partial charge in [0, 0.05) is 11.1 Å². The van der Waals surface area contributed by atoms with E-state index >= 15 is 0 Å². The van der Waals surface area contributed by atoms with Crippen molar-refractivity contribution in [3.63, 3.8) is 0 Å². The van der Waals surface area contributed by atoms with Gasteiger partial charge in [-0.15, -0.1) is 0 Å². The topological polar surface area (TPSA) is 48.7 Å². The van der Waals surface area contributed by atoms with Gasteiger partial charge in [-0.25, -0.2) is 4.98 Å². The molecular formula is C18H15N3. The molecule has 3 rings (SSSR count). The number of para-hydroxylation sites is 1. The van der Waals surface area contributed by atoms with Gasteiger partial charge in [-0.3, -0.25) is 0 Å². The highest BCUT2D eigenvalue weighted by molar-refractivity contribution is 5.87. The van der Waals surface area contributed by atoms with Gasteiger partial charge in [-0.1, -0.05) is 30.3 Å². The molecule has 0 amide bonds. The second-order valence-corrected chi connectivity index (χ2v) is 5.13. The maximum absolute atomic E-state index is 9.32. The molecule has 0 aliphatic rings. The van der Waals surface area contributed by atoms with E-state index in [-0.39, 0.29) is 0 Å². The lowest BCUT2D eigenvalue weighted by Crippen LogP contribution is -1.98. The maximum Gasteiger partial charge on any atom is 0.132 e. The Kier molecular flexibility index (Phi) is 3.29. The normalized spacial score (nSPS) is 10.3. The third-order valence-corrected chi connectivity index (χ3v) is 3.49. The van der Waals surface area contributed by atoms with E-state index in [2.05, 4.69) is 41.5 Å². The molecular weight excluding hydrogens is 258 g/mol. The molecule has 0 saturated heterocycles. The Morgan fingerprint density at radius 1 is 1.05 bits per heavy atom. The van der Waals surface area contributed by atoms with Crippen LogP contribution < -0.4 is 5.32 Å². The highest BCUT2D eigenvalue weighted by Gasteiger charge is 2.06. The van der Waals surface area contributed by atoms with Crippen LogP contribution in [0, 0.1) is 25.2 Å². The molecule has 0 aliphatic heterocycles. The second kappa shape index (κ2) is 5.26. The van der Waals surface area contributed by atoms with Gasteiger partial charge < -0.3 is 5.32 Å². The number of hydrogen-bond acceptors (Lipinski definition) is 3. The Morgan fingerprint density at radius 2 is 1.86 bits per heavy atom. The zero-order valence-electron chi connectivity index (χ0n) is 12.0. The van der Waals surface area contributed by atoms with Crippen LogP contribution in [0.5, 0.6) is 0 Å². The lowest BCUT2D eigenvalue weighted by Gasteiger charge is -2.11. The monoisotopic (exact) mass is 273 g/mol. The molecule has 3 aromatic rings. The third kappa shape index (κ3) is 2.56. The summed E-state index contributed by atoms with van der Waals surface area (Å²) < 4.78 is 0. The molecule has 1 N–H and O–H groups in total. The Balaban J connectivity index is 2.09. The van der Waals surface area contributed by atoms with Gasteiger partial charge in [-0.05, 0) is 43.2 Å². The first-order valence-corrected chi connectivity index (χ1v) is 6.81. The molecule has 0 unspecified atom stereocenters. The first-order chi connectivity index (χ1) is 10.2. The first kappa shape index (κ1) is 13.1. The van der Waals surface area contributed by atoms with Crippen molar-refractivity contribution in [3.8, 4) is 6.07 Å². The summed E-state index contributed by atoms with van der Waals surface area (Å²) in [6, 6.07) is 18.0. The van der Waals surface area contributed by atoms with Crippen molar-refractivity contribution < 1.29 is 0 Å². The quantitative estimate of drug-likeness (QED) is 0.749. The van der Waals surface area contributed by atoms with Gasteiger partial charge in [0.25, 0.3) is 0 Å². The van der Waals surface area contributed by atoms with Crippen molar-refractivity contribution in [1.82, 2.24) is 4.98 Å². The van der Waals surface area contributed by atoms with Gasteiger partial charge in [0.15, 0.2) is 0 Å². The van der Waals surface area contributed by atoms with Gasteiger partial charge in [0.05, 0.1) is 17.1 Å². The summed E-state index contributed by atoms with van der Waals surface area (Å²) in [5.41, 5.74) is 4.80. The standard InChI is InChI=1S/C18H15N3/c1-12-7-8-13(2)17(9-12)21-18-10-14(11-19)15-5-3-4-6-16(15)20-18/h3-10H,1-2H3,(H,20,21). The molecule has 1 heterocycles. The minimum atomic E-state index is 0.633. The fraction of sp³-hybridized carbons (Fsp3) is 0.111. The Morgan fingerprint density at radius 3 is 2.67 bits per heavy atom. The Bertz CT molecular complexity index is 860. The number of aromatic nitrogens is 1. The minimum absolute atomic E-state index is 0.633. The van der Waals surface area contributed by atoms with Crippen LogP contribution in [0.1, 0.15) is 16.7 Å². The Hall–Kier alpha value is -2.86. The first-order valence-electron chi connectivity index (χ1n) is 6.81. The molecule has 1 aromatic heterocycles. The average Bonchev–Trinajstić information content (AvgIpc) is 2.50. The maximum atomic E-state index is 9.32. The van der Waals surface area contributed by atoms with Gasteiger partial charge in [-0.2, -0.15) is 5.26 Å². The number of rotatable bonds is 2. The van der Waals surface area contributed by atoms with Crippen LogP contribution in [-0.4, -0.2) is 4.98 Å². The number of hydrogen-bond donors (Lipinski definition) is 1. The molecule has 3 nitrogen and oxygen atoms in total. The zero-order chi connectivity index (χ0) is 14.8. The highest BCUT2D eigenvalue weighted by atomic mass is 15.0. The molecule has 0 radical (unpaired) electrons. The molecule has 0 aliphatic carbocycles. The van der Waals surface area contributed by atoms with Gasteiger partial charge in [0.1, 0.15) is 5.82 Å². The van der Waals surface area contributed by atoms with Crippen molar-refractivity contribution in [2.75, 3.05) is 5.32 Å².